The van der Waals surface area contributed by atoms with Gasteiger partial charge in [-0.2, -0.15) is 5.26 Å². The van der Waals surface area contributed by atoms with Crippen molar-refractivity contribution in [3.05, 3.63) is 77.8 Å². The number of nitriles is 1. The van der Waals surface area contributed by atoms with E-state index in [1.807, 2.05) is 36.4 Å². The lowest BCUT2D eigenvalue weighted by Crippen LogP contribution is -2.48. The fourth-order valence-corrected chi connectivity index (χ4v) is 4.75. The number of Topliss-reactive ketones (excluding diaryl/α,β-unsaturated/α-hetero) is 1. The summed E-state index contributed by atoms with van der Waals surface area (Å²) in [6.45, 7) is 7.20. The van der Waals surface area contributed by atoms with E-state index in [1.54, 1.807) is 18.7 Å². The molecule has 0 aliphatic carbocycles. The number of rotatable bonds is 9. The van der Waals surface area contributed by atoms with E-state index < -0.39 is 0 Å². The molecule has 3 aromatic rings. The van der Waals surface area contributed by atoms with Gasteiger partial charge in [-0.1, -0.05) is 26.0 Å². The Hall–Kier alpha value is -3.50. The number of anilines is 1. The van der Waals surface area contributed by atoms with Gasteiger partial charge in [-0.25, -0.2) is 4.98 Å². The summed E-state index contributed by atoms with van der Waals surface area (Å²) >= 11 is 0. The van der Waals surface area contributed by atoms with Crippen LogP contribution in [-0.4, -0.2) is 46.8 Å². The van der Waals surface area contributed by atoms with Crippen LogP contribution in [0.25, 0.3) is 0 Å². The second-order valence-electron chi connectivity index (χ2n) is 8.67. The van der Waals surface area contributed by atoms with Crippen LogP contribution in [0.3, 0.4) is 0 Å². The highest BCUT2D eigenvalue weighted by atomic mass is 16.3. The SMILES string of the molecule is CCC(CC)C(=O)Cc1ccc(N2CCN(C(c3ccccn3)c3ncco3)CC2)c(C#N)c1. The average Bonchev–Trinajstić information content (AvgIpc) is 3.40. The molecule has 1 unspecified atom stereocenters. The van der Waals surface area contributed by atoms with Gasteiger partial charge < -0.3 is 9.32 Å². The van der Waals surface area contributed by atoms with E-state index in [9.17, 15) is 10.1 Å². The van der Waals surface area contributed by atoms with Gasteiger partial charge >= 0.3 is 0 Å². The van der Waals surface area contributed by atoms with Crippen LogP contribution in [0, 0.1) is 17.2 Å². The fourth-order valence-electron chi connectivity index (χ4n) is 4.75. The summed E-state index contributed by atoms with van der Waals surface area (Å²) in [5, 5.41) is 9.82. The maximum Gasteiger partial charge on any atom is 0.217 e. The Morgan fingerprint density at radius 2 is 1.88 bits per heavy atom. The Morgan fingerprint density at radius 1 is 1.09 bits per heavy atom. The van der Waals surface area contributed by atoms with Crippen molar-refractivity contribution < 1.29 is 9.21 Å². The molecule has 4 rings (SSSR count). The third-order valence-corrected chi connectivity index (χ3v) is 6.67. The number of pyridine rings is 1. The van der Waals surface area contributed by atoms with Crippen molar-refractivity contribution in [2.45, 2.75) is 39.2 Å². The molecule has 7 nitrogen and oxygen atoms in total. The Kier molecular flexibility index (Phi) is 7.71. The van der Waals surface area contributed by atoms with Crippen LogP contribution >= 0.6 is 0 Å². The van der Waals surface area contributed by atoms with Crippen LogP contribution in [-0.2, 0) is 11.2 Å². The lowest BCUT2D eigenvalue weighted by atomic mass is 9.93. The summed E-state index contributed by atoms with van der Waals surface area (Å²) in [6, 6.07) is 13.9. The lowest BCUT2D eigenvalue weighted by molar-refractivity contribution is -0.122. The van der Waals surface area contributed by atoms with Crippen molar-refractivity contribution in [1.29, 1.82) is 5.26 Å². The minimum absolute atomic E-state index is 0.0917. The molecule has 1 aliphatic heterocycles. The Balaban J connectivity index is 1.47. The van der Waals surface area contributed by atoms with Crippen LogP contribution in [0.4, 0.5) is 5.69 Å². The van der Waals surface area contributed by atoms with E-state index in [-0.39, 0.29) is 17.7 Å². The molecule has 0 saturated carbocycles. The molecule has 7 heteroatoms. The molecule has 2 aromatic heterocycles. The molecule has 1 aromatic carbocycles. The minimum Gasteiger partial charge on any atom is -0.447 e. The van der Waals surface area contributed by atoms with Crippen LogP contribution < -0.4 is 4.90 Å². The fraction of sp³-hybridized carbons (Fsp3) is 0.407. The Labute approximate surface area is 201 Å². The van der Waals surface area contributed by atoms with E-state index in [4.69, 9.17) is 4.42 Å². The quantitative estimate of drug-likeness (QED) is 0.471. The van der Waals surface area contributed by atoms with E-state index in [0.717, 1.165) is 56.0 Å². The van der Waals surface area contributed by atoms with Crippen molar-refractivity contribution >= 4 is 11.5 Å². The van der Waals surface area contributed by atoms with E-state index in [1.165, 1.54) is 0 Å². The highest BCUT2D eigenvalue weighted by molar-refractivity contribution is 5.83. The molecule has 1 aliphatic rings. The van der Waals surface area contributed by atoms with Crippen LogP contribution in [0.2, 0.25) is 0 Å². The largest absolute Gasteiger partial charge is 0.447 e. The summed E-state index contributed by atoms with van der Waals surface area (Å²) in [5.74, 6) is 0.979. The molecule has 1 atom stereocenters. The number of aromatic nitrogens is 2. The molecule has 0 bridgehead atoms. The standard InChI is InChI=1S/C27H31N5O2/c1-3-21(4-2)25(33)18-20-8-9-24(22(17-20)19-28)31-12-14-32(15-13-31)26(27-30-11-16-34-27)23-7-5-6-10-29-23/h5-11,16-17,21,26H,3-4,12-15,18H2,1-2H3. The Bertz CT molecular complexity index is 1110. The number of piperazine rings is 1. The first kappa shape index (κ1) is 23.7. The van der Waals surface area contributed by atoms with E-state index >= 15 is 0 Å². The smallest absolute Gasteiger partial charge is 0.217 e. The number of carbonyl (C=O) groups excluding carboxylic acids is 1. The molecule has 3 heterocycles. The van der Waals surface area contributed by atoms with Crippen molar-refractivity contribution in [3.63, 3.8) is 0 Å². The third-order valence-electron chi connectivity index (χ3n) is 6.67. The number of ketones is 1. The number of carbonyl (C=O) groups is 1. The van der Waals surface area contributed by atoms with Gasteiger partial charge in [0.1, 0.15) is 24.2 Å². The number of oxazole rings is 1. The lowest BCUT2D eigenvalue weighted by Gasteiger charge is -2.39. The van der Waals surface area contributed by atoms with Crippen LogP contribution in [0.15, 0.2) is 59.5 Å². The monoisotopic (exact) mass is 457 g/mol. The summed E-state index contributed by atoms with van der Waals surface area (Å²) in [6.07, 6.45) is 7.14. The predicted octanol–water partition coefficient (Wildman–Crippen LogP) is 4.40. The van der Waals surface area contributed by atoms with Gasteiger partial charge in [0.15, 0.2) is 0 Å². The zero-order valence-electron chi connectivity index (χ0n) is 19.9. The van der Waals surface area contributed by atoms with Gasteiger partial charge in [0.2, 0.25) is 5.89 Å². The van der Waals surface area contributed by atoms with E-state index in [2.05, 4.69) is 39.7 Å². The van der Waals surface area contributed by atoms with Crippen molar-refractivity contribution in [2.75, 3.05) is 31.1 Å². The van der Waals surface area contributed by atoms with Gasteiger partial charge in [0, 0.05) is 44.7 Å². The minimum atomic E-state index is -0.146. The van der Waals surface area contributed by atoms with Crippen molar-refractivity contribution in [3.8, 4) is 6.07 Å². The van der Waals surface area contributed by atoms with Crippen molar-refractivity contribution in [1.82, 2.24) is 14.9 Å². The molecule has 1 saturated heterocycles. The first-order valence-electron chi connectivity index (χ1n) is 12.0. The first-order valence-corrected chi connectivity index (χ1v) is 12.0. The van der Waals surface area contributed by atoms with E-state index in [0.29, 0.717) is 17.9 Å². The summed E-state index contributed by atoms with van der Waals surface area (Å²) < 4.78 is 5.65. The molecular formula is C27H31N5O2. The van der Waals surface area contributed by atoms with Crippen LogP contribution in [0.5, 0.6) is 0 Å². The second-order valence-corrected chi connectivity index (χ2v) is 8.67. The molecule has 0 amide bonds. The summed E-state index contributed by atoms with van der Waals surface area (Å²) in [4.78, 5) is 26.1. The number of hydrogen-bond acceptors (Lipinski definition) is 7. The molecule has 0 spiro atoms. The van der Waals surface area contributed by atoms with Gasteiger partial charge in [0.25, 0.3) is 0 Å². The second kappa shape index (κ2) is 11.1. The first-order chi connectivity index (χ1) is 16.6. The summed E-state index contributed by atoms with van der Waals surface area (Å²) in [7, 11) is 0. The zero-order valence-corrected chi connectivity index (χ0v) is 19.9. The average molecular weight is 458 g/mol. The number of benzene rings is 1. The molecular weight excluding hydrogens is 426 g/mol. The Morgan fingerprint density at radius 3 is 2.50 bits per heavy atom. The topological polar surface area (TPSA) is 86.3 Å². The van der Waals surface area contributed by atoms with Crippen LogP contribution in [0.1, 0.15) is 55.4 Å². The number of nitrogens with zero attached hydrogens (tertiary/aromatic N) is 5. The highest BCUT2D eigenvalue weighted by Gasteiger charge is 2.31. The molecule has 34 heavy (non-hydrogen) atoms. The number of hydrogen-bond donors (Lipinski definition) is 0. The highest BCUT2D eigenvalue weighted by Crippen LogP contribution is 2.30. The molecule has 176 valence electrons. The van der Waals surface area contributed by atoms with Gasteiger partial charge in [-0.05, 0) is 42.7 Å². The molecule has 0 radical (unpaired) electrons. The predicted molar refractivity (Wildman–Crippen MR) is 130 cm³/mol. The van der Waals surface area contributed by atoms with Crippen molar-refractivity contribution in [2.24, 2.45) is 5.92 Å². The molecule has 0 N–H and O–H groups in total. The zero-order chi connectivity index (χ0) is 23.9. The third kappa shape index (κ3) is 5.18. The summed E-state index contributed by atoms with van der Waals surface area (Å²) in [5.41, 5.74) is 3.36. The normalized spacial score (nSPS) is 15.3. The van der Waals surface area contributed by atoms with Gasteiger partial charge in [0.05, 0.1) is 23.1 Å². The van der Waals surface area contributed by atoms with Gasteiger partial charge in [-0.3, -0.25) is 14.7 Å². The maximum atomic E-state index is 12.6. The van der Waals surface area contributed by atoms with Gasteiger partial charge in [-0.15, -0.1) is 0 Å². The molecule has 1 fully saturated rings. The maximum absolute atomic E-state index is 12.6.